The highest BCUT2D eigenvalue weighted by molar-refractivity contribution is 7.92. The smallest absolute Gasteiger partial charge is 0.232 e. The molecule has 2 N–H and O–H groups in total. The van der Waals surface area contributed by atoms with E-state index < -0.39 is 10.0 Å². The molecule has 1 aromatic carbocycles. The Labute approximate surface area is 137 Å². The van der Waals surface area contributed by atoms with Crippen LogP contribution in [-0.4, -0.2) is 26.3 Å². The van der Waals surface area contributed by atoms with Crippen molar-refractivity contribution < 1.29 is 13.2 Å². The summed E-state index contributed by atoms with van der Waals surface area (Å²) in [7, 11) is -1.70. The van der Waals surface area contributed by atoms with Gasteiger partial charge in [-0.3, -0.25) is 4.72 Å². The average Bonchev–Trinajstić information content (AvgIpc) is 2.55. The summed E-state index contributed by atoms with van der Waals surface area (Å²) in [5.41, 5.74) is 1.30. The molecule has 0 unspecified atom stereocenters. The summed E-state index contributed by atoms with van der Waals surface area (Å²) in [6.07, 6.45) is 2.97. The predicted molar refractivity (Wildman–Crippen MR) is 92.8 cm³/mol. The highest BCUT2D eigenvalue weighted by Gasteiger charge is 2.09. The molecular weight excluding hydrogens is 314 g/mol. The summed E-state index contributed by atoms with van der Waals surface area (Å²) < 4.78 is 31.4. The molecule has 0 atom stereocenters. The maximum Gasteiger partial charge on any atom is 0.232 e. The average molecular weight is 335 g/mol. The zero-order valence-electron chi connectivity index (χ0n) is 13.2. The van der Waals surface area contributed by atoms with Crippen molar-refractivity contribution in [2.24, 2.45) is 0 Å². The summed E-state index contributed by atoms with van der Waals surface area (Å²) in [5, 5.41) is 3.13. The first-order valence-electron chi connectivity index (χ1n) is 7.40. The molecule has 0 bridgehead atoms. The van der Waals surface area contributed by atoms with Crippen LogP contribution >= 0.6 is 0 Å². The molecule has 6 nitrogen and oxygen atoms in total. The molecular formula is C16H21N3O3S. The molecule has 2 aromatic rings. The Morgan fingerprint density at radius 3 is 2.65 bits per heavy atom. The van der Waals surface area contributed by atoms with Gasteiger partial charge in [-0.15, -0.1) is 0 Å². The highest BCUT2D eigenvalue weighted by Crippen LogP contribution is 2.21. The van der Waals surface area contributed by atoms with Gasteiger partial charge in [0.25, 0.3) is 0 Å². The quantitative estimate of drug-likeness (QED) is 0.773. The lowest BCUT2D eigenvalue weighted by atomic mass is 10.3. The number of sulfonamides is 1. The number of methoxy groups -OCH3 is 1. The number of benzene rings is 1. The molecule has 0 amide bonds. The van der Waals surface area contributed by atoms with E-state index in [1.54, 1.807) is 19.2 Å². The second-order valence-electron chi connectivity index (χ2n) is 5.06. The van der Waals surface area contributed by atoms with Crippen LogP contribution in [0.5, 0.6) is 5.75 Å². The third-order valence-corrected chi connectivity index (χ3v) is 4.52. The summed E-state index contributed by atoms with van der Waals surface area (Å²) in [6, 6.07) is 10.9. The Balaban J connectivity index is 2.01. The Morgan fingerprint density at radius 1 is 1.17 bits per heavy atom. The fourth-order valence-corrected chi connectivity index (χ4v) is 3.19. The van der Waals surface area contributed by atoms with Crippen molar-refractivity contribution in [1.82, 2.24) is 4.98 Å². The van der Waals surface area contributed by atoms with Gasteiger partial charge in [-0.05, 0) is 30.7 Å². The Hall–Kier alpha value is -2.28. The minimum absolute atomic E-state index is 0.118. The molecule has 0 fully saturated rings. The standard InChI is InChI=1S/C16H21N3O3S/c1-3-4-10-23(20,21)19-14-8-9-16(17-12-14)18-13-6-5-7-15(11-13)22-2/h5-9,11-12,19H,3-4,10H2,1-2H3,(H,17,18). The van der Waals surface area contributed by atoms with Crippen molar-refractivity contribution in [2.75, 3.05) is 22.9 Å². The van der Waals surface area contributed by atoms with E-state index in [1.807, 2.05) is 31.2 Å². The van der Waals surface area contributed by atoms with E-state index in [0.717, 1.165) is 17.9 Å². The van der Waals surface area contributed by atoms with Gasteiger partial charge >= 0.3 is 0 Å². The van der Waals surface area contributed by atoms with Gasteiger partial charge < -0.3 is 10.1 Å². The van der Waals surface area contributed by atoms with Crippen LogP contribution in [0.1, 0.15) is 19.8 Å². The molecule has 124 valence electrons. The van der Waals surface area contributed by atoms with E-state index in [0.29, 0.717) is 17.9 Å². The number of nitrogens with zero attached hydrogens (tertiary/aromatic N) is 1. The van der Waals surface area contributed by atoms with Gasteiger partial charge in [0, 0.05) is 11.8 Å². The maximum absolute atomic E-state index is 11.8. The first kappa shape index (κ1) is 17.1. The van der Waals surface area contributed by atoms with Crippen molar-refractivity contribution in [2.45, 2.75) is 19.8 Å². The van der Waals surface area contributed by atoms with Crippen LogP contribution < -0.4 is 14.8 Å². The third-order valence-electron chi connectivity index (χ3n) is 3.15. The molecule has 0 saturated carbocycles. The molecule has 0 radical (unpaired) electrons. The molecule has 2 rings (SSSR count). The van der Waals surface area contributed by atoms with Crippen molar-refractivity contribution in [3.05, 3.63) is 42.6 Å². The van der Waals surface area contributed by atoms with Crippen LogP contribution in [0.15, 0.2) is 42.6 Å². The largest absolute Gasteiger partial charge is 0.497 e. The van der Waals surface area contributed by atoms with Crippen LogP contribution in [0.3, 0.4) is 0 Å². The highest BCUT2D eigenvalue weighted by atomic mass is 32.2. The minimum atomic E-state index is -3.30. The molecule has 23 heavy (non-hydrogen) atoms. The lowest BCUT2D eigenvalue weighted by Gasteiger charge is -2.09. The second kappa shape index (κ2) is 7.82. The van der Waals surface area contributed by atoms with Crippen molar-refractivity contribution >= 4 is 27.2 Å². The number of unbranched alkanes of at least 4 members (excludes halogenated alkanes) is 1. The predicted octanol–water partition coefficient (Wildman–Crippen LogP) is 3.38. The molecule has 7 heteroatoms. The molecule has 1 heterocycles. The van der Waals surface area contributed by atoms with Gasteiger partial charge in [0.15, 0.2) is 0 Å². The van der Waals surface area contributed by atoms with Crippen LogP contribution in [0.25, 0.3) is 0 Å². The van der Waals surface area contributed by atoms with Gasteiger partial charge in [0.05, 0.1) is 24.7 Å². The number of hydrogen-bond donors (Lipinski definition) is 2. The van der Waals surface area contributed by atoms with E-state index in [9.17, 15) is 8.42 Å². The number of ether oxygens (including phenoxy) is 1. The zero-order chi connectivity index (χ0) is 16.7. The van der Waals surface area contributed by atoms with Gasteiger partial charge in [-0.1, -0.05) is 19.4 Å². The summed E-state index contributed by atoms with van der Waals surface area (Å²) in [4.78, 5) is 4.22. The topological polar surface area (TPSA) is 80.3 Å². The summed E-state index contributed by atoms with van der Waals surface area (Å²) >= 11 is 0. The number of pyridine rings is 1. The first-order valence-corrected chi connectivity index (χ1v) is 9.05. The number of nitrogens with one attached hydrogen (secondary N) is 2. The van der Waals surface area contributed by atoms with Crippen LogP contribution in [0.2, 0.25) is 0 Å². The summed E-state index contributed by atoms with van der Waals surface area (Å²) in [6.45, 7) is 1.95. The minimum Gasteiger partial charge on any atom is -0.497 e. The number of hydrogen-bond acceptors (Lipinski definition) is 5. The van der Waals surface area contributed by atoms with Crippen LogP contribution in [-0.2, 0) is 10.0 Å². The van der Waals surface area contributed by atoms with Gasteiger partial charge in [-0.25, -0.2) is 13.4 Å². The monoisotopic (exact) mass is 335 g/mol. The summed E-state index contributed by atoms with van der Waals surface area (Å²) in [5.74, 6) is 1.48. The molecule has 0 aliphatic heterocycles. The maximum atomic E-state index is 11.8. The molecule has 0 saturated heterocycles. The Morgan fingerprint density at radius 2 is 2.00 bits per heavy atom. The SMILES string of the molecule is CCCCS(=O)(=O)Nc1ccc(Nc2cccc(OC)c2)nc1. The Kier molecular flexibility index (Phi) is 5.81. The molecule has 0 spiro atoms. The van der Waals surface area contributed by atoms with Crippen molar-refractivity contribution in [3.8, 4) is 5.75 Å². The second-order valence-corrected chi connectivity index (χ2v) is 6.91. The van der Waals surface area contributed by atoms with E-state index in [1.165, 1.54) is 6.20 Å². The fourth-order valence-electron chi connectivity index (χ4n) is 1.94. The van der Waals surface area contributed by atoms with Gasteiger partial charge in [-0.2, -0.15) is 0 Å². The number of anilines is 3. The first-order chi connectivity index (χ1) is 11.0. The van der Waals surface area contributed by atoms with Gasteiger partial charge in [0.1, 0.15) is 11.6 Å². The van der Waals surface area contributed by atoms with E-state index >= 15 is 0 Å². The normalized spacial score (nSPS) is 11.0. The van der Waals surface area contributed by atoms with E-state index in [4.69, 9.17) is 4.74 Å². The Bertz CT molecular complexity index is 730. The lowest BCUT2D eigenvalue weighted by Crippen LogP contribution is -2.16. The van der Waals surface area contributed by atoms with Crippen molar-refractivity contribution in [1.29, 1.82) is 0 Å². The number of rotatable bonds is 8. The van der Waals surface area contributed by atoms with Gasteiger partial charge in [0.2, 0.25) is 10.0 Å². The number of aromatic nitrogens is 1. The molecule has 1 aromatic heterocycles. The van der Waals surface area contributed by atoms with Crippen LogP contribution in [0, 0.1) is 0 Å². The van der Waals surface area contributed by atoms with Crippen LogP contribution in [0.4, 0.5) is 17.2 Å². The van der Waals surface area contributed by atoms with Crippen molar-refractivity contribution in [3.63, 3.8) is 0 Å². The fraction of sp³-hybridized carbons (Fsp3) is 0.312. The van der Waals surface area contributed by atoms with E-state index in [2.05, 4.69) is 15.0 Å². The lowest BCUT2D eigenvalue weighted by molar-refractivity contribution is 0.415. The van der Waals surface area contributed by atoms with E-state index in [-0.39, 0.29) is 5.75 Å². The third kappa shape index (κ3) is 5.45. The molecule has 0 aliphatic carbocycles. The zero-order valence-corrected chi connectivity index (χ0v) is 14.1. The molecule has 0 aliphatic rings.